The highest BCUT2D eigenvalue weighted by atomic mass is 35.5. The van der Waals surface area contributed by atoms with Crippen molar-refractivity contribution in [1.82, 2.24) is 10.3 Å². The number of aromatic nitrogens is 1. The first-order valence-corrected chi connectivity index (χ1v) is 9.66. The SMILES string of the molecule is CC(NCc1c(-c2ccccc2F)ccnc1Cl)c1cc(C(F)(F)F)cc(C(F)(F)F)c1. The molecular formula is C22H16ClF7N2. The molecule has 3 aromatic rings. The Morgan fingerprint density at radius 2 is 1.50 bits per heavy atom. The van der Waals surface area contributed by atoms with Crippen molar-refractivity contribution < 1.29 is 30.7 Å². The maximum Gasteiger partial charge on any atom is 0.416 e. The molecule has 10 heteroatoms. The fourth-order valence-electron chi connectivity index (χ4n) is 3.17. The van der Waals surface area contributed by atoms with E-state index in [1.807, 2.05) is 0 Å². The zero-order chi connectivity index (χ0) is 23.7. The first-order chi connectivity index (χ1) is 14.9. The summed E-state index contributed by atoms with van der Waals surface area (Å²) in [6.45, 7) is 1.35. The summed E-state index contributed by atoms with van der Waals surface area (Å²) in [5.74, 6) is -0.517. The van der Waals surface area contributed by atoms with Gasteiger partial charge in [0.25, 0.3) is 0 Å². The van der Waals surface area contributed by atoms with Crippen LogP contribution in [0.4, 0.5) is 30.7 Å². The molecule has 1 aromatic heterocycles. The van der Waals surface area contributed by atoms with Gasteiger partial charge in [0.1, 0.15) is 11.0 Å². The minimum absolute atomic E-state index is 0.0328. The molecule has 170 valence electrons. The Morgan fingerprint density at radius 1 is 0.906 bits per heavy atom. The quantitative estimate of drug-likeness (QED) is 0.306. The van der Waals surface area contributed by atoms with Gasteiger partial charge >= 0.3 is 12.4 Å². The molecule has 3 rings (SSSR count). The van der Waals surface area contributed by atoms with Crippen LogP contribution >= 0.6 is 11.6 Å². The van der Waals surface area contributed by atoms with Gasteiger partial charge in [0.05, 0.1) is 11.1 Å². The third kappa shape index (κ3) is 5.39. The van der Waals surface area contributed by atoms with E-state index in [0.29, 0.717) is 23.3 Å². The van der Waals surface area contributed by atoms with Gasteiger partial charge in [0.2, 0.25) is 0 Å². The van der Waals surface area contributed by atoms with E-state index in [2.05, 4.69) is 10.3 Å². The fourth-order valence-corrected chi connectivity index (χ4v) is 3.39. The summed E-state index contributed by atoms with van der Waals surface area (Å²) < 4.78 is 93.1. The Labute approximate surface area is 184 Å². The predicted octanol–water partition coefficient (Wildman–Crippen LogP) is 7.43. The van der Waals surface area contributed by atoms with Gasteiger partial charge in [-0.15, -0.1) is 0 Å². The summed E-state index contributed by atoms with van der Waals surface area (Å²) >= 11 is 6.16. The van der Waals surface area contributed by atoms with Gasteiger partial charge in [-0.3, -0.25) is 0 Å². The highest BCUT2D eigenvalue weighted by Gasteiger charge is 2.37. The van der Waals surface area contributed by atoms with Crippen LogP contribution in [0.5, 0.6) is 0 Å². The molecule has 0 aliphatic carbocycles. The molecule has 0 fully saturated rings. The molecule has 2 aromatic carbocycles. The summed E-state index contributed by atoms with van der Waals surface area (Å²) in [6.07, 6.45) is -8.51. The summed E-state index contributed by atoms with van der Waals surface area (Å²) in [7, 11) is 0. The molecule has 0 saturated carbocycles. The van der Waals surface area contributed by atoms with Gasteiger partial charge in [0, 0.05) is 29.9 Å². The molecule has 32 heavy (non-hydrogen) atoms. The molecule has 1 heterocycles. The summed E-state index contributed by atoms with van der Waals surface area (Å²) in [5, 5.41) is 2.89. The lowest BCUT2D eigenvalue weighted by Crippen LogP contribution is -2.21. The number of nitrogens with zero attached hydrogens (tertiary/aromatic N) is 1. The Kier molecular flexibility index (Phi) is 6.80. The molecule has 0 spiro atoms. The van der Waals surface area contributed by atoms with E-state index in [1.54, 1.807) is 6.07 Å². The first-order valence-electron chi connectivity index (χ1n) is 9.29. The largest absolute Gasteiger partial charge is 0.416 e. The van der Waals surface area contributed by atoms with Gasteiger partial charge < -0.3 is 5.32 Å². The molecule has 0 amide bonds. The number of benzene rings is 2. The van der Waals surface area contributed by atoms with Gasteiger partial charge in [0.15, 0.2) is 0 Å². The zero-order valence-corrected chi connectivity index (χ0v) is 17.2. The topological polar surface area (TPSA) is 24.9 Å². The second-order valence-corrected chi connectivity index (χ2v) is 7.41. The number of hydrogen-bond acceptors (Lipinski definition) is 2. The summed E-state index contributed by atoms with van der Waals surface area (Å²) in [6, 6.07) is 7.92. The van der Waals surface area contributed by atoms with E-state index in [9.17, 15) is 30.7 Å². The average molecular weight is 477 g/mol. The minimum atomic E-state index is -4.94. The molecule has 1 unspecified atom stereocenters. The lowest BCUT2D eigenvalue weighted by Gasteiger charge is -2.20. The number of halogens is 8. The van der Waals surface area contributed by atoms with Crippen LogP contribution in [0.3, 0.4) is 0 Å². The van der Waals surface area contributed by atoms with Crippen LogP contribution in [0.2, 0.25) is 5.15 Å². The second kappa shape index (κ2) is 9.07. The Bertz CT molecular complexity index is 1080. The van der Waals surface area contributed by atoms with Crippen molar-refractivity contribution in [2.45, 2.75) is 31.9 Å². The third-order valence-corrected chi connectivity index (χ3v) is 5.19. The van der Waals surface area contributed by atoms with E-state index in [0.717, 1.165) is 0 Å². The van der Waals surface area contributed by atoms with Gasteiger partial charge in [-0.25, -0.2) is 9.37 Å². The smallest absolute Gasteiger partial charge is 0.306 e. The fraction of sp³-hybridized carbons (Fsp3) is 0.227. The van der Waals surface area contributed by atoms with Crippen LogP contribution in [0.1, 0.15) is 35.2 Å². The van der Waals surface area contributed by atoms with Gasteiger partial charge in [-0.1, -0.05) is 29.8 Å². The van der Waals surface area contributed by atoms with Crippen molar-refractivity contribution in [2.75, 3.05) is 0 Å². The minimum Gasteiger partial charge on any atom is -0.306 e. The van der Waals surface area contributed by atoms with Crippen molar-refractivity contribution in [3.63, 3.8) is 0 Å². The van der Waals surface area contributed by atoms with E-state index < -0.39 is 35.3 Å². The van der Waals surface area contributed by atoms with Gasteiger partial charge in [-0.05, 0) is 48.4 Å². The van der Waals surface area contributed by atoms with E-state index in [-0.39, 0.29) is 28.9 Å². The molecule has 0 radical (unpaired) electrons. The maximum atomic E-state index is 14.3. The molecule has 0 aliphatic heterocycles. The molecule has 0 bridgehead atoms. The Morgan fingerprint density at radius 3 is 2.06 bits per heavy atom. The van der Waals surface area contributed by atoms with E-state index in [1.165, 1.54) is 37.4 Å². The van der Waals surface area contributed by atoms with Crippen LogP contribution < -0.4 is 5.32 Å². The van der Waals surface area contributed by atoms with Crippen LogP contribution in [-0.4, -0.2) is 4.98 Å². The normalized spacial score (nSPS) is 13.3. The number of alkyl halides is 6. The Hall–Kier alpha value is -2.65. The molecule has 0 aliphatic rings. The maximum absolute atomic E-state index is 14.3. The van der Waals surface area contributed by atoms with Gasteiger partial charge in [-0.2, -0.15) is 26.3 Å². The van der Waals surface area contributed by atoms with Crippen molar-refractivity contribution in [3.05, 3.63) is 88.0 Å². The highest BCUT2D eigenvalue weighted by molar-refractivity contribution is 6.30. The van der Waals surface area contributed by atoms with Crippen molar-refractivity contribution >= 4 is 11.6 Å². The van der Waals surface area contributed by atoms with Crippen LogP contribution in [0.25, 0.3) is 11.1 Å². The van der Waals surface area contributed by atoms with Crippen LogP contribution in [-0.2, 0) is 18.9 Å². The van der Waals surface area contributed by atoms with Crippen LogP contribution in [0, 0.1) is 5.82 Å². The number of rotatable bonds is 5. The lowest BCUT2D eigenvalue weighted by molar-refractivity contribution is -0.143. The molecule has 1 N–H and O–H groups in total. The monoisotopic (exact) mass is 476 g/mol. The summed E-state index contributed by atoms with van der Waals surface area (Å²) in [4.78, 5) is 3.94. The van der Waals surface area contributed by atoms with Crippen molar-refractivity contribution in [2.24, 2.45) is 0 Å². The Balaban J connectivity index is 1.93. The lowest BCUT2D eigenvalue weighted by atomic mass is 9.99. The molecule has 1 atom stereocenters. The standard InChI is InChI=1S/C22H16ClF7N2/c1-12(13-8-14(21(25,26)27)10-15(9-13)22(28,29)30)32-11-18-16(6-7-31-20(18)23)17-4-2-3-5-19(17)24/h2-10,12,32H,11H2,1H3. The van der Waals surface area contributed by atoms with Crippen molar-refractivity contribution in [1.29, 1.82) is 0 Å². The first kappa shape index (κ1) is 24.0. The third-order valence-electron chi connectivity index (χ3n) is 4.86. The predicted molar refractivity (Wildman–Crippen MR) is 106 cm³/mol. The number of nitrogens with one attached hydrogen (secondary N) is 1. The molecule has 2 nitrogen and oxygen atoms in total. The molecule has 0 saturated heterocycles. The second-order valence-electron chi connectivity index (χ2n) is 7.05. The van der Waals surface area contributed by atoms with E-state index >= 15 is 0 Å². The molecular weight excluding hydrogens is 461 g/mol. The van der Waals surface area contributed by atoms with Crippen molar-refractivity contribution in [3.8, 4) is 11.1 Å². The summed E-state index contributed by atoms with van der Waals surface area (Å²) in [5.41, 5.74) is -2.01. The zero-order valence-electron chi connectivity index (χ0n) is 16.5. The van der Waals surface area contributed by atoms with Crippen LogP contribution in [0.15, 0.2) is 54.7 Å². The number of pyridine rings is 1. The van der Waals surface area contributed by atoms with E-state index in [4.69, 9.17) is 11.6 Å². The average Bonchev–Trinajstić information content (AvgIpc) is 2.71. The number of hydrogen-bond donors (Lipinski definition) is 1. The highest BCUT2D eigenvalue weighted by Crippen LogP contribution is 2.37.